The molecule has 13 heteroatoms. The van der Waals surface area contributed by atoms with Crippen molar-refractivity contribution >= 4 is 70.2 Å². The first-order valence-electron chi connectivity index (χ1n) is 30.6. The van der Waals surface area contributed by atoms with E-state index in [0.717, 1.165) is 22.3 Å². The molecule has 8 bridgehead atoms. The minimum atomic E-state index is -0.506. The number of para-hydroxylation sites is 4. The van der Waals surface area contributed by atoms with E-state index in [-0.39, 0.29) is 43.1 Å². The van der Waals surface area contributed by atoms with Gasteiger partial charge in [0.05, 0.1) is 22.8 Å². The minimum Gasteiger partial charge on any atom is -0.423 e. The van der Waals surface area contributed by atoms with Gasteiger partial charge < -0.3 is 28.9 Å². The molecule has 0 radical (unpaired) electrons. The second-order valence-electron chi connectivity index (χ2n) is 23.1. The second-order valence-corrected chi connectivity index (χ2v) is 23.1. The van der Waals surface area contributed by atoms with Gasteiger partial charge in [0.25, 0.3) is 0 Å². The predicted octanol–water partition coefficient (Wildman–Crippen LogP) is 18.9. The van der Waals surface area contributed by atoms with E-state index >= 15 is 0 Å². The number of benzene rings is 4. The largest absolute Gasteiger partial charge is 0.423 e. The maximum absolute atomic E-state index is 14.0. The number of carbonyl (C=O) groups is 4. The number of carbonyl (C=O) groups excluding carboxylic acids is 4. The molecular weight excluding hydrogens is 1160 g/mol. The Morgan fingerprint density at radius 2 is 0.551 bits per heavy atom. The van der Waals surface area contributed by atoms with E-state index in [1.807, 2.05) is 149 Å². The van der Waals surface area contributed by atoms with E-state index in [0.29, 0.717) is 138 Å². The van der Waals surface area contributed by atoms with E-state index in [1.165, 1.54) is 0 Å². The van der Waals surface area contributed by atoms with E-state index in [1.54, 1.807) is 48.6 Å². The molecule has 452 valence electrons. The summed E-state index contributed by atoms with van der Waals surface area (Å²) in [5, 5.41) is 0. The van der Waals surface area contributed by atoms with Crippen LogP contribution >= 0.6 is 0 Å². The second kappa shape index (κ2) is 29.8. The number of aromatic nitrogens is 4. The van der Waals surface area contributed by atoms with Crippen LogP contribution in [0.4, 0.5) is 0 Å². The van der Waals surface area contributed by atoms with Crippen molar-refractivity contribution in [3.05, 3.63) is 191 Å². The molecule has 0 saturated carbocycles. The summed E-state index contributed by atoms with van der Waals surface area (Å²) in [6.45, 7) is 24.5. The maximum atomic E-state index is 14.0. The van der Waals surface area contributed by atoms with E-state index in [9.17, 15) is 19.2 Å². The Morgan fingerprint density at radius 3 is 0.742 bits per heavy atom. The molecule has 0 aliphatic carbocycles. The van der Waals surface area contributed by atoms with Gasteiger partial charge in [-0.05, 0) is 122 Å². The van der Waals surface area contributed by atoms with Gasteiger partial charge in [-0.25, -0.2) is 29.1 Å². The monoisotopic (exact) mass is 1240 g/mol. The summed E-state index contributed by atoms with van der Waals surface area (Å²) in [7, 11) is 0. The van der Waals surface area contributed by atoms with Crippen molar-refractivity contribution < 1.29 is 57.6 Å². The number of esters is 4. The number of H-pyrrole nitrogens is 2. The number of nitrogens with zero attached hydrogens (tertiary/aromatic N) is 2. The first-order valence-corrected chi connectivity index (χ1v) is 30.6. The third-order valence-electron chi connectivity index (χ3n) is 16.0. The molecule has 0 unspecified atom stereocenters. The summed E-state index contributed by atoms with van der Waals surface area (Å²) in [4.78, 5) is 74.4. The van der Waals surface area contributed by atoms with Crippen molar-refractivity contribution in [1.82, 2.24) is 19.9 Å². The Balaban J connectivity index is 0.0000102. The van der Waals surface area contributed by atoms with Crippen LogP contribution in [0, 0.1) is 23.7 Å². The average molecular weight is 1240 g/mol. The standard InChI is InChI=1S/C76H78N4O8.Zn/c1-13-49(45(5)6)41-69(81)85-65-29-21-17-25-53(65)73-57-33-35-59(77-57)74(54-26-18-22-30-66(54)86-70(82)42-50(14-2)46(7)8)61-37-39-63(79-61)76(56-28-20-24-32-68(56)88-72(84)44-52(16-4)48(11)12)64-40-38-62(80-64)75(60-36-34-58(73)78-60)55-27-19-23-31-67(55)87-71(83)43-51(15-3)47(9)10;/h17-48,77,80H,13-16H2,1-12H3;. The fourth-order valence-corrected chi connectivity index (χ4v) is 11.3. The Labute approximate surface area is 535 Å². The van der Waals surface area contributed by atoms with Crippen LogP contribution in [0.25, 0.3) is 90.9 Å². The molecule has 89 heavy (non-hydrogen) atoms. The van der Waals surface area contributed by atoms with Gasteiger partial charge in [0.15, 0.2) is 0 Å². The summed E-state index contributed by atoms with van der Waals surface area (Å²) in [5.74, 6) is -0.253. The van der Waals surface area contributed by atoms with Gasteiger partial charge in [-0.2, -0.15) is 0 Å². The molecule has 0 saturated heterocycles. The van der Waals surface area contributed by atoms with Gasteiger partial charge in [0.1, 0.15) is 23.0 Å². The quantitative estimate of drug-likeness (QED) is 0.0325. The third kappa shape index (κ3) is 15.3. The zero-order chi connectivity index (χ0) is 62.8. The van der Waals surface area contributed by atoms with Gasteiger partial charge >= 0.3 is 23.9 Å². The zero-order valence-corrected chi connectivity index (χ0v) is 56.1. The molecule has 0 atom stereocenters. The van der Waals surface area contributed by atoms with Crippen molar-refractivity contribution in [1.29, 1.82) is 0 Å². The fourth-order valence-electron chi connectivity index (χ4n) is 11.3. The first-order chi connectivity index (χ1) is 42.4. The number of ether oxygens (including phenoxy) is 4. The predicted molar refractivity (Wildman–Crippen MR) is 356 cm³/mol. The number of hydrogen-bond acceptors (Lipinski definition) is 10. The van der Waals surface area contributed by atoms with Crippen LogP contribution in [0.5, 0.6) is 23.0 Å². The Kier molecular flexibility index (Phi) is 22.0. The van der Waals surface area contributed by atoms with Crippen molar-refractivity contribution in [2.75, 3.05) is 0 Å². The Bertz CT molecular complexity index is 3680. The Morgan fingerprint density at radius 1 is 0.348 bits per heavy atom. The SMILES string of the molecule is CCC(=CC(=O)Oc1ccccc1-c1c2nc(c(-c3ccccc3OC(=O)C=C(CC)C(C)C)c3ccc([nH]3)c(-c3ccccc3OC(=O)C=C(CC)C(C)C)c3nc(c(-c4ccccc4OC(=O)C=C(CC)C(C)C)c4ccc1[nH]4)C=C3)C=C2)C(C)C.[Zn]. The van der Waals surface area contributed by atoms with E-state index in [2.05, 4.69) is 65.4 Å². The summed E-state index contributed by atoms with van der Waals surface area (Å²) >= 11 is 0. The van der Waals surface area contributed by atoms with Crippen molar-refractivity contribution in [2.45, 2.75) is 109 Å². The van der Waals surface area contributed by atoms with E-state index in [4.69, 9.17) is 28.9 Å². The van der Waals surface area contributed by atoms with Crippen LogP contribution in [0.3, 0.4) is 0 Å². The summed E-state index contributed by atoms with van der Waals surface area (Å²) in [5.41, 5.74) is 13.0. The van der Waals surface area contributed by atoms with Gasteiger partial charge in [0, 0.05) is 110 Å². The van der Waals surface area contributed by atoms with Crippen LogP contribution in [0.2, 0.25) is 0 Å². The fraction of sp³-hybridized carbons (Fsp3) is 0.263. The van der Waals surface area contributed by atoms with Crippen LogP contribution in [0.1, 0.15) is 132 Å². The molecule has 0 spiro atoms. The van der Waals surface area contributed by atoms with Crippen LogP contribution in [-0.4, -0.2) is 43.8 Å². The average Bonchev–Trinajstić information content (AvgIpc) is 1.94. The number of aromatic amines is 2. The van der Waals surface area contributed by atoms with Gasteiger partial charge in [-0.1, -0.05) is 178 Å². The third-order valence-corrected chi connectivity index (χ3v) is 16.0. The van der Waals surface area contributed by atoms with E-state index < -0.39 is 23.9 Å². The van der Waals surface area contributed by atoms with Crippen molar-refractivity contribution in [3.8, 4) is 67.5 Å². The van der Waals surface area contributed by atoms with Crippen LogP contribution < -0.4 is 18.9 Å². The Hall–Kier alpha value is -9.06. The number of nitrogens with one attached hydrogen (secondary N) is 2. The molecule has 2 aliphatic heterocycles. The first kappa shape index (κ1) is 65.9. The molecule has 3 aromatic heterocycles. The normalized spacial score (nSPS) is 12.7. The smallest absolute Gasteiger partial charge is 0.336 e. The minimum absolute atomic E-state index is 0. The molecule has 7 aromatic rings. The molecule has 4 aromatic carbocycles. The zero-order valence-electron chi connectivity index (χ0n) is 53.2. The van der Waals surface area contributed by atoms with Gasteiger partial charge in [-0.3, -0.25) is 0 Å². The number of rotatable bonds is 20. The maximum Gasteiger partial charge on any atom is 0.336 e. The molecule has 5 heterocycles. The molecule has 0 fully saturated rings. The summed E-state index contributed by atoms with van der Waals surface area (Å²) in [6, 6.07) is 37.4. The van der Waals surface area contributed by atoms with Crippen LogP contribution in [-0.2, 0) is 38.7 Å². The van der Waals surface area contributed by atoms with Crippen molar-refractivity contribution in [2.24, 2.45) is 23.7 Å². The number of hydrogen-bond donors (Lipinski definition) is 2. The molecule has 0 amide bonds. The van der Waals surface area contributed by atoms with Crippen LogP contribution in [0.15, 0.2) is 168 Å². The molecule has 12 nitrogen and oxygen atoms in total. The summed E-state index contributed by atoms with van der Waals surface area (Å²) < 4.78 is 25.2. The summed E-state index contributed by atoms with van der Waals surface area (Å²) in [6.07, 6.45) is 16.7. The topological polar surface area (TPSA) is 163 Å². The molecule has 2 N–H and O–H groups in total. The molecular formula is C76H78N4O8Zn. The van der Waals surface area contributed by atoms with Gasteiger partial charge in [-0.15, -0.1) is 0 Å². The molecule has 2 aliphatic rings. The van der Waals surface area contributed by atoms with Crippen molar-refractivity contribution in [3.63, 3.8) is 0 Å². The molecule has 9 rings (SSSR count). The number of fused-ring (bicyclic) bond motifs is 8. The van der Waals surface area contributed by atoms with Gasteiger partial charge in [0.2, 0.25) is 0 Å². The number of allylic oxidation sites excluding steroid dienone is 4.